The maximum atomic E-state index is 13.1. The van der Waals surface area contributed by atoms with Crippen LogP contribution in [0, 0.1) is 13.8 Å². The van der Waals surface area contributed by atoms with E-state index in [0.29, 0.717) is 31.8 Å². The highest BCUT2D eigenvalue weighted by Crippen LogP contribution is 2.40. The van der Waals surface area contributed by atoms with E-state index in [2.05, 4.69) is 9.71 Å². The lowest BCUT2D eigenvalue weighted by atomic mass is 10.1. The molecular weight excluding hydrogens is 384 g/mol. The third-order valence-electron chi connectivity index (χ3n) is 5.29. The summed E-state index contributed by atoms with van der Waals surface area (Å²) in [7, 11) is -3.22. The molecular formula is C18H24N4O3S2. The number of rotatable bonds is 4. The first kappa shape index (κ1) is 18.8. The second-order valence-corrected chi connectivity index (χ2v) is 10.4. The standard InChI is InChI=1S/C18H24N4O3S2/c1-10-14-11(2)19-16(12-4-5-12)20-17(14)26-15(10)18(23)22-8-6-13(7-9-22)21-27(3,24)25/h12-13,21H,4-9H2,1-3H3. The van der Waals surface area contributed by atoms with Crippen LogP contribution in [0.15, 0.2) is 0 Å². The van der Waals surface area contributed by atoms with Crippen LogP contribution in [-0.4, -0.2) is 54.6 Å². The van der Waals surface area contributed by atoms with Gasteiger partial charge in [0.2, 0.25) is 10.0 Å². The van der Waals surface area contributed by atoms with Crippen LogP contribution >= 0.6 is 11.3 Å². The number of piperidine rings is 1. The minimum Gasteiger partial charge on any atom is -0.338 e. The number of fused-ring (bicyclic) bond motifs is 1. The van der Waals surface area contributed by atoms with Gasteiger partial charge in [-0.25, -0.2) is 23.1 Å². The van der Waals surface area contributed by atoms with Gasteiger partial charge >= 0.3 is 0 Å². The molecule has 0 spiro atoms. The molecule has 146 valence electrons. The number of thiophene rings is 1. The van der Waals surface area contributed by atoms with Gasteiger partial charge < -0.3 is 4.90 Å². The number of hydrogen-bond acceptors (Lipinski definition) is 6. The van der Waals surface area contributed by atoms with Gasteiger partial charge in [0.1, 0.15) is 10.7 Å². The Bertz CT molecular complexity index is 1000. The maximum Gasteiger partial charge on any atom is 0.264 e. The van der Waals surface area contributed by atoms with Crippen molar-refractivity contribution in [1.82, 2.24) is 19.6 Å². The quantitative estimate of drug-likeness (QED) is 0.838. The minimum atomic E-state index is -3.22. The lowest BCUT2D eigenvalue weighted by Crippen LogP contribution is -2.46. The van der Waals surface area contributed by atoms with Crippen LogP contribution in [0.25, 0.3) is 10.2 Å². The fourth-order valence-electron chi connectivity index (χ4n) is 3.73. The average Bonchev–Trinajstić information content (AvgIpc) is 3.38. The van der Waals surface area contributed by atoms with Crippen LogP contribution in [-0.2, 0) is 10.0 Å². The fourth-order valence-corrected chi connectivity index (χ4v) is 5.78. The summed E-state index contributed by atoms with van der Waals surface area (Å²) in [6, 6.07) is -0.0956. The molecule has 2 aromatic heterocycles. The molecule has 3 heterocycles. The van der Waals surface area contributed by atoms with Crippen LogP contribution in [0.3, 0.4) is 0 Å². The number of nitrogens with one attached hydrogen (secondary N) is 1. The number of sulfonamides is 1. The van der Waals surface area contributed by atoms with E-state index in [1.165, 1.54) is 17.6 Å². The van der Waals surface area contributed by atoms with Crippen molar-refractivity contribution in [1.29, 1.82) is 0 Å². The van der Waals surface area contributed by atoms with E-state index >= 15 is 0 Å². The number of amides is 1. The van der Waals surface area contributed by atoms with Gasteiger partial charge in [0, 0.05) is 30.4 Å². The third-order valence-corrected chi connectivity index (χ3v) is 7.22. The molecule has 1 saturated heterocycles. The predicted octanol–water partition coefficient (Wildman–Crippen LogP) is 2.34. The number of hydrogen-bond donors (Lipinski definition) is 1. The zero-order valence-corrected chi connectivity index (χ0v) is 17.4. The van der Waals surface area contributed by atoms with E-state index in [1.807, 2.05) is 18.7 Å². The van der Waals surface area contributed by atoms with Crippen molar-refractivity contribution in [3.05, 3.63) is 22.0 Å². The summed E-state index contributed by atoms with van der Waals surface area (Å²) in [5.74, 6) is 1.41. The fraction of sp³-hybridized carbons (Fsp3) is 0.611. The van der Waals surface area contributed by atoms with Gasteiger partial charge in [-0.3, -0.25) is 4.79 Å². The van der Waals surface area contributed by atoms with Gasteiger partial charge in [0.05, 0.1) is 16.8 Å². The molecule has 0 bridgehead atoms. The van der Waals surface area contributed by atoms with E-state index in [9.17, 15) is 13.2 Å². The Labute approximate surface area is 163 Å². The molecule has 1 aliphatic heterocycles. The molecule has 9 heteroatoms. The van der Waals surface area contributed by atoms with E-state index in [1.54, 1.807) is 0 Å². The molecule has 1 amide bonds. The van der Waals surface area contributed by atoms with Crippen molar-refractivity contribution < 1.29 is 13.2 Å². The molecule has 0 atom stereocenters. The van der Waals surface area contributed by atoms with Crippen LogP contribution in [0.1, 0.15) is 58.4 Å². The number of aryl methyl sites for hydroxylation is 2. The smallest absolute Gasteiger partial charge is 0.264 e. The summed E-state index contributed by atoms with van der Waals surface area (Å²) in [5.41, 5.74) is 1.90. The van der Waals surface area contributed by atoms with Gasteiger partial charge in [-0.15, -0.1) is 11.3 Å². The van der Waals surface area contributed by atoms with Gasteiger partial charge in [-0.2, -0.15) is 0 Å². The zero-order chi connectivity index (χ0) is 19.3. The molecule has 27 heavy (non-hydrogen) atoms. The lowest BCUT2D eigenvalue weighted by molar-refractivity contribution is 0.0715. The normalized spacial score (nSPS) is 19.0. The number of likely N-dealkylation sites (tertiary alicyclic amines) is 1. The molecule has 0 aromatic carbocycles. The Morgan fingerprint density at radius 1 is 1.15 bits per heavy atom. The van der Waals surface area contributed by atoms with E-state index in [0.717, 1.165) is 45.0 Å². The second-order valence-electron chi connectivity index (χ2n) is 7.63. The van der Waals surface area contributed by atoms with Gasteiger partial charge in [-0.05, 0) is 45.1 Å². The first-order chi connectivity index (χ1) is 12.7. The van der Waals surface area contributed by atoms with Crippen LogP contribution in [0.4, 0.5) is 0 Å². The Morgan fingerprint density at radius 2 is 1.81 bits per heavy atom. The first-order valence-electron chi connectivity index (χ1n) is 9.27. The minimum absolute atomic E-state index is 0.0145. The predicted molar refractivity (Wildman–Crippen MR) is 106 cm³/mol. The summed E-state index contributed by atoms with van der Waals surface area (Å²) < 4.78 is 25.4. The highest BCUT2D eigenvalue weighted by Gasteiger charge is 2.30. The SMILES string of the molecule is Cc1nc(C2CC2)nc2sc(C(=O)N3CCC(NS(C)(=O)=O)CC3)c(C)c12. The monoisotopic (exact) mass is 408 g/mol. The highest BCUT2D eigenvalue weighted by atomic mass is 32.2. The third kappa shape index (κ3) is 3.86. The van der Waals surface area contributed by atoms with Crippen molar-refractivity contribution in [2.75, 3.05) is 19.3 Å². The summed E-state index contributed by atoms with van der Waals surface area (Å²) in [6.07, 6.45) is 4.74. The summed E-state index contributed by atoms with van der Waals surface area (Å²) in [5, 5.41) is 1.00. The van der Waals surface area contributed by atoms with E-state index in [-0.39, 0.29) is 11.9 Å². The molecule has 1 saturated carbocycles. The Balaban J connectivity index is 1.55. The number of nitrogens with zero attached hydrogens (tertiary/aromatic N) is 3. The molecule has 2 aliphatic rings. The summed E-state index contributed by atoms with van der Waals surface area (Å²) >= 11 is 1.46. The van der Waals surface area contributed by atoms with Gasteiger partial charge in [0.25, 0.3) is 5.91 Å². The molecule has 0 radical (unpaired) electrons. The zero-order valence-electron chi connectivity index (χ0n) is 15.8. The molecule has 1 aliphatic carbocycles. The molecule has 2 aromatic rings. The maximum absolute atomic E-state index is 13.1. The summed E-state index contributed by atoms with van der Waals surface area (Å²) in [4.78, 5) is 25.9. The molecule has 2 fully saturated rings. The van der Waals surface area contributed by atoms with Crippen LogP contribution in [0.5, 0.6) is 0 Å². The average molecular weight is 409 g/mol. The van der Waals surface area contributed by atoms with Gasteiger partial charge in [0.15, 0.2) is 0 Å². The highest BCUT2D eigenvalue weighted by molar-refractivity contribution is 7.88. The van der Waals surface area contributed by atoms with Gasteiger partial charge in [-0.1, -0.05) is 0 Å². The molecule has 0 unspecified atom stereocenters. The van der Waals surface area contributed by atoms with Crippen molar-refractivity contribution in [3.8, 4) is 0 Å². The number of aromatic nitrogens is 2. The lowest BCUT2D eigenvalue weighted by Gasteiger charge is -2.31. The number of carbonyl (C=O) groups is 1. The van der Waals surface area contributed by atoms with Crippen molar-refractivity contribution in [2.45, 2.75) is 51.5 Å². The van der Waals surface area contributed by atoms with Crippen LogP contribution < -0.4 is 4.72 Å². The Morgan fingerprint density at radius 3 is 2.41 bits per heavy atom. The van der Waals surface area contributed by atoms with Crippen molar-refractivity contribution in [2.24, 2.45) is 0 Å². The second kappa shape index (κ2) is 6.79. The summed E-state index contributed by atoms with van der Waals surface area (Å²) in [6.45, 7) is 5.07. The topological polar surface area (TPSA) is 92.3 Å². The molecule has 1 N–H and O–H groups in total. The Kier molecular flexibility index (Phi) is 4.72. The van der Waals surface area contributed by atoms with E-state index in [4.69, 9.17) is 4.98 Å². The Hall–Kier alpha value is -1.58. The largest absolute Gasteiger partial charge is 0.338 e. The van der Waals surface area contributed by atoms with E-state index < -0.39 is 10.0 Å². The molecule has 7 nitrogen and oxygen atoms in total. The first-order valence-corrected chi connectivity index (χ1v) is 12.0. The van der Waals surface area contributed by atoms with Crippen molar-refractivity contribution >= 4 is 37.5 Å². The molecule has 4 rings (SSSR count). The van der Waals surface area contributed by atoms with Crippen LogP contribution in [0.2, 0.25) is 0 Å². The van der Waals surface area contributed by atoms with Crippen molar-refractivity contribution in [3.63, 3.8) is 0 Å². The number of carbonyl (C=O) groups excluding carboxylic acids is 1.